The molecule has 19 heavy (non-hydrogen) atoms. The van der Waals surface area contributed by atoms with E-state index in [1.54, 1.807) is 11.3 Å². The van der Waals surface area contributed by atoms with Gasteiger partial charge in [0.1, 0.15) is 10.6 Å². The molecule has 2 aromatic heterocycles. The predicted molar refractivity (Wildman–Crippen MR) is 82.7 cm³/mol. The number of hydrogen-bond donors (Lipinski definition) is 2. The number of nitrogens with zero attached hydrogens (tertiary/aromatic N) is 3. The molecule has 104 valence electrons. The number of aryl methyl sites for hydroxylation is 1. The molecule has 6 heteroatoms. The van der Waals surface area contributed by atoms with E-state index in [9.17, 15) is 0 Å². The number of anilines is 2. The SMILES string of the molecule is CCC(C)N(CC)c1nc(NN)nc2sc(C)cc12. The summed E-state index contributed by atoms with van der Waals surface area (Å²) in [5.41, 5.74) is 2.56. The van der Waals surface area contributed by atoms with Gasteiger partial charge in [0.05, 0.1) is 5.39 Å². The minimum Gasteiger partial charge on any atom is -0.353 e. The lowest BCUT2D eigenvalue weighted by molar-refractivity contribution is 0.625. The van der Waals surface area contributed by atoms with Crippen molar-refractivity contribution in [1.82, 2.24) is 9.97 Å². The number of thiophene rings is 1. The molecule has 0 aliphatic carbocycles. The lowest BCUT2D eigenvalue weighted by Gasteiger charge is -2.29. The van der Waals surface area contributed by atoms with Crippen molar-refractivity contribution in [3.8, 4) is 0 Å². The van der Waals surface area contributed by atoms with Crippen LogP contribution in [0.15, 0.2) is 6.07 Å². The quantitative estimate of drug-likeness (QED) is 0.650. The van der Waals surface area contributed by atoms with Crippen molar-refractivity contribution < 1.29 is 0 Å². The van der Waals surface area contributed by atoms with Crippen LogP contribution in [0.5, 0.6) is 0 Å². The monoisotopic (exact) mass is 279 g/mol. The van der Waals surface area contributed by atoms with Crippen LogP contribution in [0.4, 0.5) is 11.8 Å². The molecule has 0 amide bonds. The molecule has 0 radical (unpaired) electrons. The van der Waals surface area contributed by atoms with E-state index >= 15 is 0 Å². The smallest absolute Gasteiger partial charge is 0.240 e. The highest BCUT2D eigenvalue weighted by molar-refractivity contribution is 7.18. The average molecular weight is 279 g/mol. The van der Waals surface area contributed by atoms with Crippen LogP contribution in [0.25, 0.3) is 10.2 Å². The van der Waals surface area contributed by atoms with Crippen LogP contribution in [-0.4, -0.2) is 22.6 Å². The van der Waals surface area contributed by atoms with Crippen molar-refractivity contribution in [3.05, 3.63) is 10.9 Å². The van der Waals surface area contributed by atoms with E-state index in [0.717, 1.165) is 29.0 Å². The predicted octanol–water partition coefficient (Wildman–Crippen LogP) is 2.91. The summed E-state index contributed by atoms with van der Waals surface area (Å²) >= 11 is 1.67. The second-order valence-corrected chi connectivity index (χ2v) is 5.87. The fraction of sp³-hybridized carbons (Fsp3) is 0.538. The van der Waals surface area contributed by atoms with Gasteiger partial charge in [-0.3, -0.25) is 5.43 Å². The molecule has 1 unspecified atom stereocenters. The molecule has 0 fully saturated rings. The molecule has 0 saturated heterocycles. The number of fused-ring (bicyclic) bond motifs is 1. The largest absolute Gasteiger partial charge is 0.353 e. The topological polar surface area (TPSA) is 67.1 Å². The molecule has 2 heterocycles. The highest BCUT2D eigenvalue weighted by Gasteiger charge is 2.18. The Bertz CT molecular complexity index is 565. The first-order valence-electron chi connectivity index (χ1n) is 6.62. The van der Waals surface area contributed by atoms with Crippen LogP contribution < -0.4 is 16.2 Å². The van der Waals surface area contributed by atoms with Crippen LogP contribution in [-0.2, 0) is 0 Å². The van der Waals surface area contributed by atoms with Crippen LogP contribution in [0, 0.1) is 6.92 Å². The zero-order chi connectivity index (χ0) is 14.0. The number of hydrogen-bond acceptors (Lipinski definition) is 6. The minimum atomic E-state index is 0.439. The Balaban J connectivity index is 2.61. The maximum Gasteiger partial charge on any atom is 0.240 e. The molecular formula is C13H21N5S. The summed E-state index contributed by atoms with van der Waals surface area (Å²) in [4.78, 5) is 13.5. The Morgan fingerprint density at radius 1 is 1.42 bits per heavy atom. The van der Waals surface area contributed by atoms with E-state index < -0.39 is 0 Å². The second kappa shape index (κ2) is 5.71. The molecule has 3 N–H and O–H groups in total. The van der Waals surface area contributed by atoms with Crippen LogP contribution >= 0.6 is 11.3 Å². The van der Waals surface area contributed by atoms with Gasteiger partial charge in [-0.15, -0.1) is 11.3 Å². The fourth-order valence-electron chi connectivity index (χ4n) is 2.20. The Hall–Kier alpha value is -1.40. The first-order chi connectivity index (χ1) is 9.10. The third-order valence-electron chi connectivity index (χ3n) is 3.36. The van der Waals surface area contributed by atoms with Gasteiger partial charge < -0.3 is 4.90 Å². The van der Waals surface area contributed by atoms with Crippen molar-refractivity contribution in [1.29, 1.82) is 0 Å². The molecule has 2 rings (SSSR count). The minimum absolute atomic E-state index is 0.439. The van der Waals surface area contributed by atoms with Gasteiger partial charge in [-0.25, -0.2) is 10.8 Å². The van der Waals surface area contributed by atoms with Gasteiger partial charge in [0.25, 0.3) is 0 Å². The standard InChI is InChI=1S/C13H21N5S/c1-5-8(3)18(6-2)11-10-7-9(4)19-12(10)16-13(15-11)17-14/h7-8H,5-6,14H2,1-4H3,(H,15,16,17). The number of nitrogens with one attached hydrogen (secondary N) is 1. The van der Waals surface area contributed by atoms with Gasteiger partial charge in [0.15, 0.2) is 0 Å². The van der Waals surface area contributed by atoms with Crippen molar-refractivity contribution in [2.75, 3.05) is 16.9 Å². The van der Waals surface area contributed by atoms with E-state index in [1.165, 1.54) is 4.88 Å². The summed E-state index contributed by atoms with van der Waals surface area (Å²) < 4.78 is 0. The van der Waals surface area contributed by atoms with Crippen molar-refractivity contribution >= 4 is 33.3 Å². The molecule has 0 aliphatic rings. The molecule has 2 aromatic rings. The van der Waals surface area contributed by atoms with Crippen LogP contribution in [0.2, 0.25) is 0 Å². The van der Waals surface area contributed by atoms with Gasteiger partial charge >= 0.3 is 0 Å². The maximum absolute atomic E-state index is 5.48. The Morgan fingerprint density at radius 2 is 2.16 bits per heavy atom. The molecule has 5 nitrogen and oxygen atoms in total. The molecule has 0 aromatic carbocycles. The lowest BCUT2D eigenvalue weighted by Crippen LogP contribution is -2.33. The summed E-state index contributed by atoms with van der Waals surface area (Å²) in [7, 11) is 0. The maximum atomic E-state index is 5.48. The summed E-state index contributed by atoms with van der Waals surface area (Å²) in [6.07, 6.45) is 1.08. The third-order valence-corrected chi connectivity index (χ3v) is 4.30. The number of nitrogens with two attached hydrogens (primary N) is 1. The van der Waals surface area contributed by atoms with E-state index in [0.29, 0.717) is 12.0 Å². The second-order valence-electron chi connectivity index (χ2n) is 4.63. The van der Waals surface area contributed by atoms with Gasteiger partial charge in [0.2, 0.25) is 5.95 Å². The summed E-state index contributed by atoms with van der Waals surface area (Å²) in [5.74, 6) is 6.93. The van der Waals surface area contributed by atoms with Gasteiger partial charge in [-0.1, -0.05) is 6.92 Å². The lowest BCUT2D eigenvalue weighted by atomic mass is 10.2. The first kappa shape index (κ1) is 14.0. The first-order valence-corrected chi connectivity index (χ1v) is 7.43. The summed E-state index contributed by atoms with van der Waals surface area (Å²) in [6.45, 7) is 9.55. The third kappa shape index (κ3) is 2.64. The molecular weight excluding hydrogens is 258 g/mol. The zero-order valence-corrected chi connectivity index (χ0v) is 12.7. The number of rotatable bonds is 5. The zero-order valence-electron chi connectivity index (χ0n) is 11.9. The molecule has 0 aliphatic heterocycles. The van der Waals surface area contributed by atoms with Gasteiger partial charge in [-0.2, -0.15) is 4.98 Å². The van der Waals surface area contributed by atoms with Gasteiger partial charge in [0, 0.05) is 17.5 Å². The number of hydrazine groups is 1. The highest BCUT2D eigenvalue weighted by atomic mass is 32.1. The normalized spacial score (nSPS) is 12.7. The van der Waals surface area contributed by atoms with Crippen molar-refractivity contribution in [2.24, 2.45) is 5.84 Å². The summed E-state index contributed by atoms with van der Waals surface area (Å²) in [5, 5.41) is 1.11. The number of aromatic nitrogens is 2. The van der Waals surface area contributed by atoms with E-state index in [-0.39, 0.29) is 0 Å². The van der Waals surface area contributed by atoms with Crippen molar-refractivity contribution in [2.45, 2.75) is 40.2 Å². The van der Waals surface area contributed by atoms with E-state index in [2.05, 4.69) is 54.1 Å². The van der Waals surface area contributed by atoms with E-state index in [4.69, 9.17) is 5.84 Å². The fourth-order valence-corrected chi connectivity index (χ4v) is 3.07. The van der Waals surface area contributed by atoms with E-state index in [1.807, 2.05) is 0 Å². The Labute approximate surface area is 117 Å². The molecule has 0 spiro atoms. The number of nitrogen functional groups attached to an aromatic ring is 1. The Morgan fingerprint density at radius 3 is 2.74 bits per heavy atom. The van der Waals surface area contributed by atoms with Gasteiger partial charge in [-0.05, 0) is 33.3 Å². The molecule has 0 saturated carbocycles. The highest BCUT2D eigenvalue weighted by Crippen LogP contribution is 2.32. The van der Waals surface area contributed by atoms with Crippen LogP contribution in [0.1, 0.15) is 32.1 Å². The molecule has 1 atom stereocenters. The summed E-state index contributed by atoms with van der Waals surface area (Å²) in [6, 6.07) is 2.59. The average Bonchev–Trinajstić information content (AvgIpc) is 2.79. The van der Waals surface area contributed by atoms with Crippen molar-refractivity contribution in [3.63, 3.8) is 0 Å². The van der Waals surface area contributed by atoms with Crippen LogP contribution in [0.3, 0.4) is 0 Å². The molecule has 0 bridgehead atoms. The Kier molecular flexibility index (Phi) is 4.21.